The molecule has 134 valence electrons. The lowest BCUT2D eigenvalue weighted by molar-refractivity contribution is -0.134. The van der Waals surface area contributed by atoms with E-state index in [1.807, 2.05) is 34.1 Å². The molecular formula is C20H27N3O2. The van der Waals surface area contributed by atoms with Crippen LogP contribution in [0.5, 0.6) is 0 Å². The molecule has 4 rings (SSSR count). The van der Waals surface area contributed by atoms with E-state index >= 15 is 0 Å². The van der Waals surface area contributed by atoms with Crippen LogP contribution in [0.4, 0.5) is 5.69 Å². The predicted octanol–water partition coefficient (Wildman–Crippen LogP) is 2.05. The number of hydrogen-bond donors (Lipinski definition) is 0. The highest BCUT2D eigenvalue weighted by molar-refractivity contribution is 5.95. The molecule has 1 aromatic rings. The van der Waals surface area contributed by atoms with Crippen LogP contribution in [-0.4, -0.2) is 60.4 Å². The number of anilines is 1. The molecular weight excluding hydrogens is 314 g/mol. The van der Waals surface area contributed by atoms with E-state index in [1.54, 1.807) is 0 Å². The van der Waals surface area contributed by atoms with Gasteiger partial charge >= 0.3 is 0 Å². The number of carbonyl (C=O) groups is 2. The zero-order chi connectivity index (χ0) is 17.2. The number of carbonyl (C=O) groups excluding carboxylic acids is 2. The Balaban J connectivity index is 1.35. The molecule has 0 radical (unpaired) electrons. The summed E-state index contributed by atoms with van der Waals surface area (Å²) >= 11 is 0. The monoisotopic (exact) mass is 341 g/mol. The van der Waals surface area contributed by atoms with Gasteiger partial charge < -0.3 is 9.80 Å². The largest absolute Gasteiger partial charge is 0.340 e. The van der Waals surface area contributed by atoms with Crippen molar-refractivity contribution in [1.29, 1.82) is 0 Å². The van der Waals surface area contributed by atoms with Crippen LogP contribution in [0, 0.1) is 0 Å². The van der Waals surface area contributed by atoms with Crippen molar-refractivity contribution in [3.05, 3.63) is 29.8 Å². The van der Waals surface area contributed by atoms with Crippen molar-refractivity contribution in [3.8, 4) is 0 Å². The molecule has 1 atom stereocenters. The number of hydrogen-bond acceptors (Lipinski definition) is 3. The minimum atomic E-state index is 0.203. The summed E-state index contributed by atoms with van der Waals surface area (Å²) in [7, 11) is 0. The third-order valence-corrected chi connectivity index (χ3v) is 5.87. The summed E-state index contributed by atoms with van der Waals surface area (Å²) in [4.78, 5) is 30.9. The molecule has 2 amide bonds. The number of piperidine rings is 1. The molecule has 0 bridgehead atoms. The molecule has 0 saturated carbocycles. The fourth-order valence-corrected chi connectivity index (χ4v) is 4.38. The first kappa shape index (κ1) is 16.6. The van der Waals surface area contributed by atoms with Crippen molar-refractivity contribution in [2.24, 2.45) is 0 Å². The molecule has 0 spiro atoms. The van der Waals surface area contributed by atoms with Gasteiger partial charge in [-0.05, 0) is 43.5 Å². The Labute approximate surface area is 149 Å². The number of nitrogens with zero attached hydrogens (tertiary/aromatic N) is 3. The number of amides is 2. The van der Waals surface area contributed by atoms with Crippen LogP contribution in [0.1, 0.15) is 37.7 Å². The van der Waals surface area contributed by atoms with Gasteiger partial charge in [-0.1, -0.05) is 18.6 Å². The van der Waals surface area contributed by atoms with Gasteiger partial charge in [0.1, 0.15) is 0 Å². The zero-order valence-corrected chi connectivity index (χ0v) is 14.8. The fraction of sp³-hybridized carbons (Fsp3) is 0.600. The number of rotatable bonds is 3. The van der Waals surface area contributed by atoms with Crippen LogP contribution in [0.15, 0.2) is 24.3 Å². The van der Waals surface area contributed by atoms with Gasteiger partial charge in [-0.25, -0.2) is 0 Å². The highest BCUT2D eigenvalue weighted by atomic mass is 16.2. The average Bonchev–Trinajstić information content (AvgIpc) is 3.08. The molecule has 0 N–H and O–H groups in total. The van der Waals surface area contributed by atoms with Crippen LogP contribution >= 0.6 is 0 Å². The number of benzene rings is 1. The summed E-state index contributed by atoms with van der Waals surface area (Å²) in [6, 6.07) is 8.51. The van der Waals surface area contributed by atoms with Crippen LogP contribution in [-0.2, 0) is 16.0 Å². The second kappa shape index (κ2) is 7.16. The molecule has 3 saturated heterocycles. The van der Waals surface area contributed by atoms with Gasteiger partial charge in [-0.15, -0.1) is 0 Å². The van der Waals surface area contributed by atoms with E-state index in [9.17, 15) is 9.59 Å². The summed E-state index contributed by atoms with van der Waals surface area (Å²) in [6.45, 7) is 4.77. The summed E-state index contributed by atoms with van der Waals surface area (Å²) in [6.07, 6.45) is 5.86. The highest BCUT2D eigenvalue weighted by Crippen LogP contribution is 2.23. The van der Waals surface area contributed by atoms with E-state index in [2.05, 4.69) is 4.90 Å². The van der Waals surface area contributed by atoms with E-state index in [0.29, 0.717) is 18.9 Å². The minimum absolute atomic E-state index is 0.203. The normalized spacial score (nSPS) is 24.5. The van der Waals surface area contributed by atoms with Gasteiger partial charge in [-0.3, -0.25) is 14.5 Å². The molecule has 25 heavy (non-hydrogen) atoms. The SMILES string of the molecule is O=C(Cc1ccc(N2CCCC2=O)cc1)N1CCN2CCCC[C@H]2C1. The maximum Gasteiger partial charge on any atom is 0.227 e. The van der Waals surface area contributed by atoms with E-state index in [0.717, 1.165) is 43.9 Å². The first-order valence-corrected chi connectivity index (χ1v) is 9.62. The van der Waals surface area contributed by atoms with Gasteiger partial charge in [0.25, 0.3) is 0 Å². The Morgan fingerprint density at radius 1 is 1.00 bits per heavy atom. The maximum absolute atomic E-state index is 12.7. The van der Waals surface area contributed by atoms with E-state index in [1.165, 1.54) is 25.8 Å². The Bertz CT molecular complexity index is 643. The van der Waals surface area contributed by atoms with Crippen molar-refractivity contribution >= 4 is 17.5 Å². The van der Waals surface area contributed by atoms with Gasteiger partial charge in [-0.2, -0.15) is 0 Å². The summed E-state index contributed by atoms with van der Waals surface area (Å²) in [5, 5.41) is 0. The van der Waals surface area contributed by atoms with Crippen molar-refractivity contribution in [3.63, 3.8) is 0 Å². The van der Waals surface area contributed by atoms with Gasteiger partial charge in [0.2, 0.25) is 11.8 Å². The molecule has 3 aliphatic rings. The van der Waals surface area contributed by atoms with E-state index < -0.39 is 0 Å². The second-order valence-electron chi connectivity index (χ2n) is 7.52. The maximum atomic E-state index is 12.7. The quantitative estimate of drug-likeness (QED) is 0.845. The smallest absolute Gasteiger partial charge is 0.227 e. The molecule has 0 unspecified atom stereocenters. The molecule has 5 heteroatoms. The molecule has 0 aliphatic carbocycles. The van der Waals surface area contributed by atoms with Crippen LogP contribution < -0.4 is 4.90 Å². The first-order chi connectivity index (χ1) is 12.2. The zero-order valence-electron chi connectivity index (χ0n) is 14.8. The summed E-state index contributed by atoms with van der Waals surface area (Å²) in [5.41, 5.74) is 1.99. The van der Waals surface area contributed by atoms with E-state index in [4.69, 9.17) is 0 Å². The Morgan fingerprint density at radius 2 is 1.84 bits per heavy atom. The molecule has 3 fully saturated rings. The van der Waals surface area contributed by atoms with Crippen LogP contribution in [0.3, 0.4) is 0 Å². The van der Waals surface area contributed by atoms with Crippen molar-refractivity contribution in [1.82, 2.24) is 9.80 Å². The topological polar surface area (TPSA) is 43.9 Å². The standard InChI is InChI=1S/C20H27N3O2/c24-19-5-3-11-23(19)17-8-6-16(7-9-17)14-20(25)22-13-12-21-10-2-1-4-18(21)15-22/h6-9,18H,1-5,10-15H2/t18-/m0/s1. The average molecular weight is 341 g/mol. The predicted molar refractivity (Wildman–Crippen MR) is 97.5 cm³/mol. The van der Waals surface area contributed by atoms with Gasteiger partial charge in [0.05, 0.1) is 6.42 Å². The number of fused-ring (bicyclic) bond motifs is 1. The van der Waals surface area contributed by atoms with E-state index in [-0.39, 0.29) is 11.8 Å². The lowest BCUT2D eigenvalue weighted by Crippen LogP contribution is -2.56. The molecule has 5 nitrogen and oxygen atoms in total. The Hall–Kier alpha value is -1.88. The molecule has 1 aromatic carbocycles. The van der Waals surface area contributed by atoms with Crippen molar-refractivity contribution in [2.45, 2.75) is 44.6 Å². The van der Waals surface area contributed by atoms with Crippen LogP contribution in [0.2, 0.25) is 0 Å². The molecule has 0 aromatic heterocycles. The van der Waals surface area contributed by atoms with Gasteiger partial charge in [0, 0.05) is 44.3 Å². The Morgan fingerprint density at radius 3 is 2.60 bits per heavy atom. The third kappa shape index (κ3) is 3.56. The minimum Gasteiger partial charge on any atom is -0.340 e. The van der Waals surface area contributed by atoms with Crippen LogP contribution in [0.25, 0.3) is 0 Å². The number of piperazine rings is 1. The first-order valence-electron chi connectivity index (χ1n) is 9.62. The highest BCUT2D eigenvalue weighted by Gasteiger charge is 2.30. The molecule has 3 aliphatic heterocycles. The lowest BCUT2D eigenvalue weighted by Gasteiger charge is -2.44. The fourth-order valence-electron chi connectivity index (χ4n) is 4.38. The van der Waals surface area contributed by atoms with Crippen molar-refractivity contribution < 1.29 is 9.59 Å². The molecule has 3 heterocycles. The van der Waals surface area contributed by atoms with Gasteiger partial charge in [0.15, 0.2) is 0 Å². The summed E-state index contributed by atoms with van der Waals surface area (Å²) in [5.74, 6) is 0.435. The van der Waals surface area contributed by atoms with Crippen molar-refractivity contribution in [2.75, 3.05) is 37.6 Å². The summed E-state index contributed by atoms with van der Waals surface area (Å²) < 4.78 is 0. The third-order valence-electron chi connectivity index (χ3n) is 5.87. The Kier molecular flexibility index (Phi) is 4.75. The lowest BCUT2D eigenvalue weighted by atomic mass is 9.99. The second-order valence-corrected chi connectivity index (χ2v) is 7.52.